The molecule has 0 bridgehead atoms. The van der Waals surface area contributed by atoms with Crippen molar-refractivity contribution in [1.82, 2.24) is 5.32 Å². The minimum Gasteiger partial charge on any atom is -0.351 e. The number of thioether (sulfide) groups is 1. The summed E-state index contributed by atoms with van der Waals surface area (Å²) in [6.45, 7) is 0.509. The summed E-state index contributed by atoms with van der Waals surface area (Å²) in [5.74, 6) is 0.443. The van der Waals surface area contributed by atoms with E-state index in [2.05, 4.69) is 5.32 Å². The van der Waals surface area contributed by atoms with Gasteiger partial charge >= 0.3 is 0 Å². The van der Waals surface area contributed by atoms with E-state index in [9.17, 15) is 4.79 Å². The lowest BCUT2D eigenvalue weighted by atomic mass is 10.2. The smallest absolute Gasteiger partial charge is 0.230 e. The molecule has 0 heterocycles. The van der Waals surface area contributed by atoms with E-state index in [0.717, 1.165) is 10.5 Å². The number of halogens is 1. The van der Waals surface area contributed by atoms with Gasteiger partial charge in [0, 0.05) is 16.5 Å². The van der Waals surface area contributed by atoms with Crippen LogP contribution in [0.25, 0.3) is 0 Å². The molecular weight excluding hydrogens is 278 g/mol. The average Bonchev–Trinajstić information content (AvgIpc) is 2.44. The van der Waals surface area contributed by atoms with E-state index >= 15 is 0 Å². The molecule has 2 rings (SSSR count). The predicted molar refractivity (Wildman–Crippen MR) is 80.5 cm³/mol. The lowest BCUT2D eigenvalue weighted by Crippen LogP contribution is -2.24. The van der Waals surface area contributed by atoms with Crippen molar-refractivity contribution < 1.29 is 4.79 Å². The van der Waals surface area contributed by atoms with Crippen molar-refractivity contribution >= 4 is 29.3 Å². The van der Waals surface area contributed by atoms with Gasteiger partial charge in [0.25, 0.3) is 0 Å². The average molecular weight is 292 g/mol. The molecule has 0 aliphatic heterocycles. The van der Waals surface area contributed by atoms with E-state index in [4.69, 9.17) is 11.6 Å². The Morgan fingerprint density at radius 3 is 2.63 bits per heavy atom. The number of carbonyl (C=O) groups excluding carboxylic acids is 1. The van der Waals surface area contributed by atoms with Crippen LogP contribution in [0, 0.1) is 0 Å². The van der Waals surface area contributed by atoms with Crippen LogP contribution in [-0.2, 0) is 11.3 Å². The van der Waals surface area contributed by atoms with Crippen molar-refractivity contribution in [2.45, 2.75) is 11.4 Å². The first-order chi connectivity index (χ1) is 9.24. The molecule has 0 aliphatic rings. The molecule has 0 aromatic heterocycles. The predicted octanol–water partition coefficient (Wildman–Crippen LogP) is 3.75. The van der Waals surface area contributed by atoms with Gasteiger partial charge in [-0.05, 0) is 29.8 Å². The van der Waals surface area contributed by atoms with Gasteiger partial charge < -0.3 is 5.32 Å². The number of nitrogens with one attached hydrogen (secondary N) is 1. The van der Waals surface area contributed by atoms with Gasteiger partial charge in [0.05, 0.1) is 5.75 Å². The third-order valence-electron chi connectivity index (χ3n) is 2.49. The third-order valence-corrected chi connectivity index (χ3v) is 3.74. The van der Waals surface area contributed by atoms with Gasteiger partial charge in [-0.25, -0.2) is 0 Å². The molecule has 2 aromatic carbocycles. The minimum atomic E-state index is 0.0221. The van der Waals surface area contributed by atoms with Crippen molar-refractivity contribution in [2.24, 2.45) is 0 Å². The minimum absolute atomic E-state index is 0.0221. The highest BCUT2D eigenvalue weighted by molar-refractivity contribution is 8.00. The van der Waals surface area contributed by atoms with E-state index in [1.54, 1.807) is 0 Å². The summed E-state index contributed by atoms with van der Waals surface area (Å²) in [5, 5.41) is 3.56. The second-order valence-corrected chi connectivity index (χ2v) is 5.49. The second kappa shape index (κ2) is 7.22. The van der Waals surface area contributed by atoms with Crippen molar-refractivity contribution in [3.05, 3.63) is 65.2 Å². The quantitative estimate of drug-likeness (QED) is 0.850. The molecule has 0 fully saturated rings. The van der Waals surface area contributed by atoms with Crippen LogP contribution in [0.1, 0.15) is 5.56 Å². The molecule has 0 saturated heterocycles. The number of amides is 1. The highest BCUT2D eigenvalue weighted by Gasteiger charge is 2.02. The first kappa shape index (κ1) is 14.0. The van der Waals surface area contributed by atoms with Crippen LogP contribution in [0.2, 0.25) is 5.02 Å². The summed E-state index contributed by atoms with van der Waals surface area (Å²) in [4.78, 5) is 12.8. The summed E-state index contributed by atoms with van der Waals surface area (Å²) < 4.78 is 0. The van der Waals surface area contributed by atoms with E-state index < -0.39 is 0 Å². The fourth-order valence-electron chi connectivity index (χ4n) is 1.56. The Labute approximate surface area is 122 Å². The van der Waals surface area contributed by atoms with Crippen molar-refractivity contribution in [3.8, 4) is 0 Å². The molecule has 1 amide bonds. The molecule has 0 atom stereocenters. The number of hydrogen-bond donors (Lipinski definition) is 1. The van der Waals surface area contributed by atoms with Crippen molar-refractivity contribution in [2.75, 3.05) is 5.75 Å². The number of rotatable bonds is 5. The van der Waals surface area contributed by atoms with E-state index in [1.807, 2.05) is 54.6 Å². The second-order valence-electron chi connectivity index (χ2n) is 4.01. The lowest BCUT2D eigenvalue weighted by Gasteiger charge is -2.05. The SMILES string of the molecule is O=C(CSc1ccccc1)NCc1cccc(Cl)c1. The van der Waals surface area contributed by atoms with Crippen LogP contribution >= 0.6 is 23.4 Å². The Bertz CT molecular complexity index is 545. The van der Waals surface area contributed by atoms with Gasteiger partial charge in [-0.15, -0.1) is 11.8 Å². The van der Waals surface area contributed by atoms with Crippen LogP contribution in [0.15, 0.2) is 59.5 Å². The Morgan fingerprint density at radius 1 is 1.11 bits per heavy atom. The highest BCUT2D eigenvalue weighted by atomic mass is 35.5. The van der Waals surface area contributed by atoms with E-state index in [-0.39, 0.29) is 5.91 Å². The van der Waals surface area contributed by atoms with Crippen molar-refractivity contribution in [1.29, 1.82) is 0 Å². The van der Waals surface area contributed by atoms with Crippen LogP contribution in [0.4, 0.5) is 0 Å². The van der Waals surface area contributed by atoms with Crippen LogP contribution in [0.5, 0.6) is 0 Å². The zero-order chi connectivity index (χ0) is 13.5. The molecule has 1 N–H and O–H groups in total. The third kappa shape index (κ3) is 4.97. The molecule has 4 heteroatoms. The van der Waals surface area contributed by atoms with Gasteiger partial charge in [0.1, 0.15) is 0 Å². The normalized spacial score (nSPS) is 10.2. The molecule has 0 saturated carbocycles. The molecule has 0 aliphatic carbocycles. The Hall–Kier alpha value is -1.45. The van der Waals surface area contributed by atoms with E-state index in [0.29, 0.717) is 17.3 Å². The topological polar surface area (TPSA) is 29.1 Å². The molecule has 98 valence electrons. The van der Waals surface area contributed by atoms with Gasteiger partial charge in [-0.2, -0.15) is 0 Å². The monoisotopic (exact) mass is 291 g/mol. The van der Waals surface area contributed by atoms with Gasteiger partial charge in [-0.1, -0.05) is 41.9 Å². The zero-order valence-electron chi connectivity index (χ0n) is 10.3. The maximum Gasteiger partial charge on any atom is 0.230 e. The molecule has 2 nitrogen and oxygen atoms in total. The number of hydrogen-bond acceptors (Lipinski definition) is 2. The summed E-state index contributed by atoms with van der Waals surface area (Å²) >= 11 is 7.41. The summed E-state index contributed by atoms with van der Waals surface area (Å²) in [6.07, 6.45) is 0. The molecule has 0 unspecified atom stereocenters. The first-order valence-corrected chi connectivity index (χ1v) is 7.29. The molecule has 0 spiro atoms. The Morgan fingerprint density at radius 2 is 1.89 bits per heavy atom. The maximum absolute atomic E-state index is 11.7. The first-order valence-electron chi connectivity index (χ1n) is 5.93. The summed E-state index contributed by atoms with van der Waals surface area (Å²) in [5.41, 5.74) is 1.01. The van der Waals surface area contributed by atoms with Gasteiger partial charge in [0.15, 0.2) is 0 Å². The Kier molecular flexibility index (Phi) is 5.31. The largest absolute Gasteiger partial charge is 0.351 e. The number of benzene rings is 2. The standard InChI is InChI=1S/C15H14ClNOS/c16-13-6-4-5-12(9-13)10-17-15(18)11-19-14-7-2-1-3-8-14/h1-9H,10-11H2,(H,17,18). The Balaban J connectivity index is 1.76. The van der Waals surface area contributed by atoms with Crippen LogP contribution in [-0.4, -0.2) is 11.7 Å². The summed E-state index contributed by atoms with van der Waals surface area (Å²) in [7, 11) is 0. The van der Waals surface area contributed by atoms with Gasteiger partial charge in [0.2, 0.25) is 5.91 Å². The molecule has 2 aromatic rings. The van der Waals surface area contributed by atoms with Crippen molar-refractivity contribution in [3.63, 3.8) is 0 Å². The van der Waals surface area contributed by atoms with Crippen LogP contribution < -0.4 is 5.32 Å². The molecular formula is C15H14ClNOS. The zero-order valence-corrected chi connectivity index (χ0v) is 11.9. The summed E-state index contributed by atoms with van der Waals surface area (Å²) in [6, 6.07) is 17.4. The molecule has 0 radical (unpaired) electrons. The maximum atomic E-state index is 11.7. The fourth-order valence-corrected chi connectivity index (χ4v) is 2.53. The highest BCUT2D eigenvalue weighted by Crippen LogP contribution is 2.16. The lowest BCUT2D eigenvalue weighted by molar-refractivity contribution is -0.118. The van der Waals surface area contributed by atoms with Gasteiger partial charge in [-0.3, -0.25) is 4.79 Å². The number of carbonyl (C=O) groups is 1. The van der Waals surface area contributed by atoms with E-state index in [1.165, 1.54) is 11.8 Å². The fraction of sp³-hybridized carbons (Fsp3) is 0.133. The molecule has 19 heavy (non-hydrogen) atoms. The van der Waals surface area contributed by atoms with Crippen LogP contribution in [0.3, 0.4) is 0 Å².